The number of rotatable bonds is 12. The van der Waals surface area contributed by atoms with E-state index in [0.29, 0.717) is 38.5 Å². The molecule has 1 aromatic rings. The van der Waals surface area contributed by atoms with Gasteiger partial charge in [-0.25, -0.2) is 9.38 Å². The Balaban J connectivity index is 2.25. The number of benzene rings is 1. The average Bonchev–Trinajstić information content (AvgIpc) is 2.61. The normalized spacial score (nSPS) is 11.6. The fourth-order valence-electron chi connectivity index (χ4n) is 2.13. The number of nitrogens with zero attached hydrogens (tertiary/aromatic N) is 1. The van der Waals surface area contributed by atoms with Gasteiger partial charge in [-0.15, -0.1) is 0 Å². The molecular weight excluding hydrogens is 321 g/mol. The largest absolute Gasteiger partial charge is 0.379 e. The third-order valence-corrected chi connectivity index (χ3v) is 3.54. The Morgan fingerprint density at radius 3 is 2.52 bits per heavy atom. The topological polar surface area (TPSA) is 54.9 Å². The quantitative estimate of drug-likeness (QED) is 0.345. The summed E-state index contributed by atoms with van der Waals surface area (Å²) in [6, 6.07) is 5.07. The SMILES string of the molecule is CCCCOCCOCCNC(=NCc1ccc(F)c(C)c1)NCC. The van der Waals surface area contributed by atoms with Gasteiger partial charge in [0, 0.05) is 19.7 Å². The molecule has 0 spiro atoms. The van der Waals surface area contributed by atoms with Crippen LogP contribution in [0.2, 0.25) is 0 Å². The van der Waals surface area contributed by atoms with Crippen LogP contribution in [0, 0.1) is 12.7 Å². The minimum atomic E-state index is -0.186. The van der Waals surface area contributed by atoms with Gasteiger partial charge in [0.2, 0.25) is 0 Å². The molecule has 0 aliphatic heterocycles. The summed E-state index contributed by atoms with van der Waals surface area (Å²) in [5.41, 5.74) is 1.62. The average molecular weight is 353 g/mol. The van der Waals surface area contributed by atoms with Gasteiger partial charge in [-0.2, -0.15) is 0 Å². The van der Waals surface area contributed by atoms with Crippen molar-refractivity contribution in [3.63, 3.8) is 0 Å². The minimum absolute atomic E-state index is 0.186. The molecule has 1 rings (SSSR count). The lowest BCUT2D eigenvalue weighted by Crippen LogP contribution is -2.39. The number of hydrogen-bond donors (Lipinski definition) is 2. The molecule has 2 N–H and O–H groups in total. The van der Waals surface area contributed by atoms with Crippen molar-refractivity contribution in [2.45, 2.75) is 40.2 Å². The Labute approximate surface area is 151 Å². The van der Waals surface area contributed by atoms with E-state index < -0.39 is 0 Å². The molecule has 0 amide bonds. The molecule has 0 atom stereocenters. The van der Waals surface area contributed by atoms with Gasteiger partial charge < -0.3 is 20.1 Å². The van der Waals surface area contributed by atoms with Crippen molar-refractivity contribution in [2.75, 3.05) is 39.5 Å². The predicted octanol–water partition coefficient (Wildman–Crippen LogP) is 3.02. The van der Waals surface area contributed by atoms with Crippen molar-refractivity contribution in [1.82, 2.24) is 10.6 Å². The van der Waals surface area contributed by atoms with E-state index in [-0.39, 0.29) is 5.82 Å². The highest BCUT2D eigenvalue weighted by Crippen LogP contribution is 2.09. The summed E-state index contributed by atoms with van der Waals surface area (Å²) in [6.07, 6.45) is 2.24. The maximum absolute atomic E-state index is 13.3. The van der Waals surface area contributed by atoms with E-state index >= 15 is 0 Å². The van der Waals surface area contributed by atoms with Gasteiger partial charge >= 0.3 is 0 Å². The fraction of sp³-hybridized carbons (Fsp3) is 0.632. The number of halogens is 1. The number of ether oxygens (including phenoxy) is 2. The molecule has 0 aromatic heterocycles. The van der Waals surface area contributed by atoms with Crippen molar-refractivity contribution in [1.29, 1.82) is 0 Å². The smallest absolute Gasteiger partial charge is 0.191 e. The second-order valence-electron chi connectivity index (χ2n) is 5.78. The molecule has 1 aromatic carbocycles. The third kappa shape index (κ3) is 10.0. The fourth-order valence-corrected chi connectivity index (χ4v) is 2.13. The molecule has 0 saturated heterocycles. The summed E-state index contributed by atoms with van der Waals surface area (Å²) in [4.78, 5) is 4.51. The molecule has 25 heavy (non-hydrogen) atoms. The summed E-state index contributed by atoms with van der Waals surface area (Å²) in [5, 5.41) is 6.42. The van der Waals surface area contributed by atoms with Crippen LogP contribution in [0.4, 0.5) is 4.39 Å². The molecule has 0 bridgehead atoms. The van der Waals surface area contributed by atoms with Crippen molar-refractivity contribution in [3.05, 3.63) is 35.1 Å². The van der Waals surface area contributed by atoms with Gasteiger partial charge in [-0.3, -0.25) is 0 Å². The first-order valence-corrected chi connectivity index (χ1v) is 9.10. The van der Waals surface area contributed by atoms with Crippen molar-refractivity contribution >= 4 is 5.96 Å². The second kappa shape index (κ2) is 13.6. The summed E-state index contributed by atoms with van der Waals surface area (Å²) >= 11 is 0. The van der Waals surface area contributed by atoms with Crippen LogP contribution in [0.3, 0.4) is 0 Å². The van der Waals surface area contributed by atoms with Crippen LogP contribution in [0.15, 0.2) is 23.2 Å². The first-order valence-electron chi connectivity index (χ1n) is 9.10. The van der Waals surface area contributed by atoms with Crippen LogP contribution in [-0.2, 0) is 16.0 Å². The van der Waals surface area contributed by atoms with Gasteiger partial charge in [0.25, 0.3) is 0 Å². The zero-order chi connectivity index (χ0) is 18.3. The van der Waals surface area contributed by atoms with E-state index in [1.807, 2.05) is 13.0 Å². The molecule has 0 fully saturated rings. The third-order valence-electron chi connectivity index (χ3n) is 3.54. The molecule has 0 radical (unpaired) electrons. The van der Waals surface area contributed by atoms with Crippen molar-refractivity contribution < 1.29 is 13.9 Å². The van der Waals surface area contributed by atoms with E-state index in [1.165, 1.54) is 6.07 Å². The summed E-state index contributed by atoms with van der Waals surface area (Å²) in [7, 11) is 0. The number of aryl methyl sites for hydroxylation is 1. The van der Waals surface area contributed by atoms with E-state index in [9.17, 15) is 4.39 Å². The number of guanidine groups is 1. The molecular formula is C19H32FN3O2. The van der Waals surface area contributed by atoms with Crippen LogP contribution in [0.1, 0.15) is 37.8 Å². The van der Waals surface area contributed by atoms with Crippen molar-refractivity contribution in [3.8, 4) is 0 Å². The Hall–Kier alpha value is -1.66. The van der Waals surface area contributed by atoms with E-state index in [2.05, 4.69) is 22.5 Å². The van der Waals surface area contributed by atoms with E-state index in [1.54, 1.807) is 13.0 Å². The molecule has 0 unspecified atom stereocenters. The highest BCUT2D eigenvalue weighted by Gasteiger charge is 2.00. The van der Waals surface area contributed by atoms with Gasteiger partial charge in [0.05, 0.1) is 26.4 Å². The molecule has 0 saturated carbocycles. The first-order chi connectivity index (χ1) is 12.2. The maximum Gasteiger partial charge on any atom is 0.191 e. The lowest BCUT2D eigenvalue weighted by atomic mass is 10.1. The van der Waals surface area contributed by atoms with Crippen LogP contribution in [0.5, 0.6) is 0 Å². The summed E-state index contributed by atoms with van der Waals surface area (Å²) in [6.45, 7) is 10.5. The first kappa shape index (κ1) is 21.4. The van der Waals surface area contributed by atoms with Crippen molar-refractivity contribution in [2.24, 2.45) is 4.99 Å². The number of unbranched alkanes of at least 4 members (excludes halogenated alkanes) is 1. The van der Waals surface area contributed by atoms with Gasteiger partial charge in [0.15, 0.2) is 5.96 Å². The second-order valence-corrected chi connectivity index (χ2v) is 5.78. The molecule has 5 nitrogen and oxygen atoms in total. The highest BCUT2D eigenvalue weighted by molar-refractivity contribution is 5.79. The van der Waals surface area contributed by atoms with Crippen LogP contribution >= 0.6 is 0 Å². The number of nitrogens with one attached hydrogen (secondary N) is 2. The van der Waals surface area contributed by atoms with Gasteiger partial charge in [0.1, 0.15) is 5.82 Å². The predicted molar refractivity (Wildman–Crippen MR) is 101 cm³/mol. The Morgan fingerprint density at radius 2 is 1.84 bits per heavy atom. The van der Waals surface area contributed by atoms with E-state index in [4.69, 9.17) is 9.47 Å². The molecule has 0 heterocycles. The van der Waals surface area contributed by atoms with Crippen LogP contribution in [0.25, 0.3) is 0 Å². The van der Waals surface area contributed by atoms with Gasteiger partial charge in [-0.1, -0.05) is 25.5 Å². The molecule has 0 aliphatic carbocycles. The standard InChI is InChI=1S/C19H32FN3O2/c1-4-6-10-24-12-13-25-11-9-22-19(21-5-2)23-15-17-7-8-18(20)16(3)14-17/h7-8,14H,4-6,9-13,15H2,1-3H3,(H2,21,22,23). The van der Waals surface area contributed by atoms with E-state index in [0.717, 1.165) is 37.5 Å². The molecule has 142 valence electrons. The number of aliphatic imine (C=N–C) groups is 1. The molecule has 0 aliphatic rings. The zero-order valence-electron chi connectivity index (χ0n) is 15.7. The Morgan fingerprint density at radius 1 is 1.08 bits per heavy atom. The highest BCUT2D eigenvalue weighted by atomic mass is 19.1. The Kier molecular flexibility index (Phi) is 11.6. The number of hydrogen-bond acceptors (Lipinski definition) is 3. The lowest BCUT2D eigenvalue weighted by molar-refractivity contribution is 0.0487. The van der Waals surface area contributed by atoms with Gasteiger partial charge in [-0.05, 0) is 37.5 Å². The summed E-state index contributed by atoms with van der Waals surface area (Å²) in [5.74, 6) is 0.542. The van der Waals surface area contributed by atoms with Crippen LogP contribution in [-0.4, -0.2) is 45.5 Å². The summed E-state index contributed by atoms with van der Waals surface area (Å²) < 4.78 is 24.2. The monoisotopic (exact) mass is 353 g/mol. The minimum Gasteiger partial charge on any atom is -0.379 e. The molecule has 6 heteroatoms. The zero-order valence-corrected chi connectivity index (χ0v) is 15.7. The van der Waals surface area contributed by atoms with Crippen LogP contribution < -0.4 is 10.6 Å². The Bertz CT molecular complexity index is 509. The maximum atomic E-state index is 13.3. The lowest BCUT2D eigenvalue weighted by Gasteiger charge is -2.12.